The Hall–Kier alpha value is -4.05. The number of nitrogens with one attached hydrogen (secondary N) is 1. The van der Waals surface area contributed by atoms with Crippen LogP contribution in [0.1, 0.15) is 24.0 Å². The maximum Gasteiger partial charge on any atom is 0.242 e. The predicted octanol–water partition coefficient (Wildman–Crippen LogP) is 3.64. The minimum absolute atomic E-state index is 0.0439. The van der Waals surface area contributed by atoms with Crippen molar-refractivity contribution in [3.63, 3.8) is 0 Å². The molecule has 9 nitrogen and oxygen atoms in total. The Morgan fingerprint density at radius 1 is 0.875 bits per heavy atom. The molecule has 0 aliphatic heterocycles. The third kappa shape index (κ3) is 8.47. The number of hydrogen-bond acceptors (Lipinski definition) is 6. The van der Waals surface area contributed by atoms with Gasteiger partial charge in [0.1, 0.15) is 17.5 Å². The molecule has 2 amide bonds. The number of ether oxygens (including phenoxy) is 2. The number of anilines is 1. The van der Waals surface area contributed by atoms with E-state index >= 15 is 0 Å². The van der Waals surface area contributed by atoms with Crippen LogP contribution in [0.15, 0.2) is 78.9 Å². The molecule has 0 aliphatic rings. The van der Waals surface area contributed by atoms with E-state index in [9.17, 15) is 18.0 Å². The van der Waals surface area contributed by atoms with Gasteiger partial charge in [0.05, 0.1) is 26.2 Å². The second kappa shape index (κ2) is 14.4. The van der Waals surface area contributed by atoms with Crippen molar-refractivity contribution in [2.75, 3.05) is 38.4 Å². The number of rotatable bonds is 14. The van der Waals surface area contributed by atoms with E-state index in [0.29, 0.717) is 23.6 Å². The zero-order valence-electron chi connectivity index (χ0n) is 23.4. The zero-order valence-corrected chi connectivity index (χ0v) is 24.2. The van der Waals surface area contributed by atoms with E-state index in [1.54, 1.807) is 43.3 Å². The lowest BCUT2D eigenvalue weighted by Crippen LogP contribution is -2.49. The Balaban J connectivity index is 1.86. The van der Waals surface area contributed by atoms with Crippen LogP contribution in [-0.2, 0) is 32.6 Å². The first kappa shape index (κ1) is 30.5. The van der Waals surface area contributed by atoms with Gasteiger partial charge in [0.15, 0.2) is 0 Å². The first-order valence-electron chi connectivity index (χ1n) is 13.0. The molecule has 3 aromatic carbocycles. The van der Waals surface area contributed by atoms with Gasteiger partial charge in [0, 0.05) is 39.0 Å². The zero-order chi connectivity index (χ0) is 29.1. The maximum absolute atomic E-state index is 13.7. The fraction of sp³-hybridized carbons (Fsp3) is 0.333. The summed E-state index contributed by atoms with van der Waals surface area (Å²) in [6, 6.07) is 22.9. The normalized spacial score (nSPS) is 11.8. The molecule has 0 radical (unpaired) electrons. The van der Waals surface area contributed by atoms with Crippen LogP contribution < -0.4 is 19.1 Å². The van der Waals surface area contributed by atoms with E-state index in [4.69, 9.17) is 9.47 Å². The minimum atomic E-state index is -3.62. The third-order valence-corrected chi connectivity index (χ3v) is 7.69. The molecule has 10 heteroatoms. The van der Waals surface area contributed by atoms with E-state index in [0.717, 1.165) is 17.4 Å². The summed E-state index contributed by atoms with van der Waals surface area (Å²) in [6.07, 6.45) is 1.76. The van der Waals surface area contributed by atoms with Crippen LogP contribution >= 0.6 is 0 Å². The summed E-state index contributed by atoms with van der Waals surface area (Å²) < 4.78 is 37.1. The lowest BCUT2D eigenvalue weighted by Gasteiger charge is -2.31. The quantitative estimate of drug-likeness (QED) is 0.319. The van der Waals surface area contributed by atoms with Crippen molar-refractivity contribution in [2.45, 2.75) is 31.8 Å². The molecule has 0 fully saturated rings. The molecule has 0 saturated carbocycles. The Labute approximate surface area is 236 Å². The summed E-state index contributed by atoms with van der Waals surface area (Å²) in [7, 11) is 1.01. The summed E-state index contributed by atoms with van der Waals surface area (Å²) in [4.78, 5) is 28.4. The largest absolute Gasteiger partial charge is 0.497 e. The van der Waals surface area contributed by atoms with Crippen LogP contribution in [0.3, 0.4) is 0 Å². The first-order valence-corrected chi connectivity index (χ1v) is 14.8. The van der Waals surface area contributed by atoms with Crippen LogP contribution in [0.2, 0.25) is 0 Å². The Bertz CT molecular complexity index is 1380. The van der Waals surface area contributed by atoms with Crippen molar-refractivity contribution in [1.29, 1.82) is 0 Å². The number of benzene rings is 3. The van der Waals surface area contributed by atoms with Crippen LogP contribution in [0.4, 0.5) is 5.69 Å². The molecule has 40 heavy (non-hydrogen) atoms. The van der Waals surface area contributed by atoms with Crippen molar-refractivity contribution in [3.8, 4) is 11.5 Å². The van der Waals surface area contributed by atoms with Gasteiger partial charge in [0.2, 0.25) is 21.8 Å². The van der Waals surface area contributed by atoms with Crippen LogP contribution in [0.5, 0.6) is 11.5 Å². The van der Waals surface area contributed by atoms with Gasteiger partial charge in [-0.2, -0.15) is 0 Å². The molecule has 1 atom stereocenters. The average molecular weight is 568 g/mol. The van der Waals surface area contributed by atoms with Crippen molar-refractivity contribution < 1.29 is 27.5 Å². The number of methoxy groups -OCH3 is 2. The molecule has 0 bridgehead atoms. The highest BCUT2D eigenvalue weighted by Gasteiger charge is 2.30. The highest BCUT2D eigenvalue weighted by atomic mass is 32.2. The first-order chi connectivity index (χ1) is 19.2. The number of carbonyl (C=O) groups is 2. The number of hydrogen-bond donors (Lipinski definition) is 1. The molecule has 1 N–H and O–H groups in total. The van der Waals surface area contributed by atoms with Gasteiger partial charge in [0.25, 0.3) is 0 Å². The van der Waals surface area contributed by atoms with Crippen molar-refractivity contribution in [1.82, 2.24) is 10.2 Å². The van der Waals surface area contributed by atoms with Gasteiger partial charge in [-0.05, 0) is 41.8 Å². The lowest BCUT2D eigenvalue weighted by atomic mass is 10.0. The highest BCUT2D eigenvalue weighted by Crippen LogP contribution is 2.24. The Morgan fingerprint density at radius 3 is 2.12 bits per heavy atom. The molecule has 0 aliphatic carbocycles. The van der Waals surface area contributed by atoms with Gasteiger partial charge in [-0.3, -0.25) is 13.9 Å². The second-order valence-electron chi connectivity index (χ2n) is 9.33. The molecule has 0 unspecified atom stereocenters. The molecule has 0 saturated heterocycles. The molecule has 0 aromatic heterocycles. The smallest absolute Gasteiger partial charge is 0.242 e. The molecule has 214 valence electrons. The van der Waals surface area contributed by atoms with Crippen molar-refractivity contribution >= 4 is 27.5 Å². The van der Waals surface area contributed by atoms with Crippen molar-refractivity contribution in [3.05, 3.63) is 90.0 Å². The highest BCUT2D eigenvalue weighted by molar-refractivity contribution is 7.92. The van der Waals surface area contributed by atoms with Gasteiger partial charge in [-0.15, -0.1) is 0 Å². The predicted molar refractivity (Wildman–Crippen MR) is 156 cm³/mol. The van der Waals surface area contributed by atoms with Crippen LogP contribution in [0, 0.1) is 0 Å². The molecule has 0 spiro atoms. The number of carbonyl (C=O) groups excluding carboxylic acids is 2. The van der Waals surface area contributed by atoms with Crippen LogP contribution in [-0.4, -0.2) is 65.2 Å². The van der Waals surface area contributed by atoms with E-state index in [-0.39, 0.29) is 37.7 Å². The average Bonchev–Trinajstić information content (AvgIpc) is 2.96. The standard InChI is InChI=1S/C30H37N3O6S/c1-31-30(35)28(20-23-11-6-5-7-12-23)32(22-24-13-8-15-26(19-24)38-2)29(34)17-10-18-33(40(4,36)37)25-14-9-16-27(21-25)39-3/h5-9,11-16,19,21,28H,10,17-18,20,22H2,1-4H3,(H,31,35)/t28-/m0/s1. The number of amides is 2. The van der Waals surface area contributed by atoms with E-state index in [1.165, 1.54) is 11.4 Å². The van der Waals surface area contributed by atoms with E-state index in [1.807, 2.05) is 54.6 Å². The van der Waals surface area contributed by atoms with Crippen molar-refractivity contribution in [2.24, 2.45) is 0 Å². The summed E-state index contributed by atoms with van der Waals surface area (Å²) in [5, 5.41) is 2.70. The Morgan fingerprint density at radius 2 is 1.50 bits per heavy atom. The fourth-order valence-corrected chi connectivity index (χ4v) is 5.41. The SMILES string of the molecule is CNC(=O)[C@H](Cc1ccccc1)N(Cc1cccc(OC)c1)C(=O)CCCN(c1cccc(OC)c1)S(C)(=O)=O. The fourth-order valence-electron chi connectivity index (χ4n) is 4.46. The number of sulfonamides is 1. The van der Waals surface area contributed by atoms with Gasteiger partial charge in [-0.25, -0.2) is 8.42 Å². The third-order valence-electron chi connectivity index (χ3n) is 6.50. The maximum atomic E-state index is 13.7. The molecule has 3 rings (SSSR count). The molecular formula is C30H37N3O6S. The van der Waals surface area contributed by atoms with Gasteiger partial charge in [-0.1, -0.05) is 48.5 Å². The topological polar surface area (TPSA) is 105 Å². The van der Waals surface area contributed by atoms with E-state index in [2.05, 4.69) is 5.32 Å². The molecular weight excluding hydrogens is 530 g/mol. The second-order valence-corrected chi connectivity index (χ2v) is 11.2. The summed E-state index contributed by atoms with van der Waals surface area (Å²) in [6.45, 7) is 0.278. The van der Waals surface area contributed by atoms with Gasteiger partial charge >= 0.3 is 0 Å². The van der Waals surface area contributed by atoms with Gasteiger partial charge < -0.3 is 19.7 Å². The monoisotopic (exact) mass is 567 g/mol. The lowest BCUT2D eigenvalue weighted by molar-refractivity contribution is -0.141. The molecule has 3 aromatic rings. The van der Waals surface area contributed by atoms with E-state index < -0.39 is 16.1 Å². The number of likely N-dealkylation sites (N-methyl/N-ethyl adjacent to an activating group) is 1. The summed E-state index contributed by atoms with van der Waals surface area (Å²) in [5.74, 6) is 0.633. The summed E-state index contributed by atoms with van der Waals surface area (Å²) in [5.41, 5.74) is 2.18. The van der Waals surface area contributed by atoms with Crippen LogP contribution in [0.25, 0.3) is 0 Å². The molecule has 0 heterocycles. The summed E-state index contributed by atoms with van der Waals surface area (Å²) >= 11 is 0. The minimum Gasteiger partial charge on any atom is -0.497 e. The number of nitrogens with zero attached hydrogens (tertiary/aromatic N) is 2. The Kier molecular flexibility index (Phi) is 11.0.